The van der Waals surface area contributed by atoms with Crippen LogP contribution in [0.3, 0.4) is 0 Å². The van der Waals surface area contributed by atoms with Crippen molar-refractivity contribution in [3.8, 4) is 0 Å². The minimum atomic E-state index is -0.530. The average molecular weight is 204 g/mol. The van der Waals surface area contributed by atoms with E-state index >= 15 is 0 Å². The third kappa shape index (κ3) is 2.84. The van der Waals surface area contributed by atoms with Crippen LogP contribution in [0.4, 0.5) is 10.5 Å². The van der Waals surface area contributed by atoms with E-state index in [-0.39, 0.29) is 0 Å². The second kappa shape index (κ2) is 4.64. The summed E-state index contributed by atoms with van der Waals surface area (Å²) in [6, 6.07) is 3.53. The van der Waals surface area contributed by atoms with E-state index in [1.165, 1.54) is 5.56 Å². The number of anilines is 1. The topological polar surface area (TPSA) is 55.1 Å². The highest BCUT2D eigenvalue weighted by atomic mass is 16.2. The number of nitrogens with one attached hydrogen (secondary N) is 1. The standard InChI is InChI=1S/C12H16N2O/c1-4-5-10-6-8(2)11(9(3)7-10)14-12(13)15/h4,6-7H,1,5H2,2-3H3,(H3,13,14,15). The Balaban J connectivity index is 3.08. The van der Waals surface area contributed by atoms with Crippen LogP contribution in [0.15, 0.2) is 24.8 Å². The van der Waals surface area contributed by atoms with Gasteiger partial charge in [0.2, 0.25) is 0 Å². The number of allylic oxidation sites excluding steroid dienone is 1. The first-order valence-corrected chi connectivity index (χ1v) is 4.82. The van der Waals surface area contributed by atoms with Gasteiger partial charge >= 0.3 is 6.03 Å². The summed E-state index contributed by atoms with van der Waals surface area (Å²) in [6.45, 7) is 7.59. The van der Waals surface area contributed by atoms with Crippen LogP contribution in [0.25, 0.3) is 0 Å². The second-order valence-electron chi connectivity index (χ2n) is 3.59. The third-order valence-corrected chi connectivity index (χ3v) is 2.22. The van der Waals surface area contributed by atoms with Gasteiger partial charge in [0.25, 0.3) is 0 Å². The normalized spacial score (nSPS) is 9.73. The summed E-state index contributed by atoms with van der Waals surface area (Å²) in [7, 11) is 0. The van der Waals surface area contributed by atoms with E-state index in [9.17, 15) is 4.79 Å². The first-order chi connectivity index (χ1) is 7.04. The molecule has 3 nitrogen and oxygen atoms in total. The Hall–Kier alpha value is -1.77. The highest BCUT2D eigenvalue weighted by Crippen LogP contribution is 2.22. The van der Waals surface area contributed by atoms with E-state index in [1.54, 1.807) is 0 Å². The molecule has 0 saturated carbocycles. The summed E-state index contributed by atoms with van der Waals surface area (Å²) in [6.07, 6.45) is 2.69. The van der Waals surface area contributed by atoms with E-state index in [0.717, 1.165) is 23.2 Å². The molecule has 0 fully saturated rings. The lowest BCUT2D eigenvalue weighted by Gasteiger charge is -2.11. The molecule has 0 spiro atoms. The van der Waals surface area contributed by atoms with Crippen molar-refractivity contribution >= 4 is 11.7 Å². The number of rotatable bonds is 3. The molecule has 0 unspecified atom stereocenters. The Morgan fingerprint density at radius 1 is 1.47 bits per heavy atom. The Kier molecular flexibility index (Phi) is 3.50. The molecule has 80 valence electrons. The third-order valence-electron chi connectivity index (χ3n) is 2.22. The van der Waals surface area contributed by atoms with Gasteiger partial charge in [0.15, 0.2) is 0 Å². The summed E-state index contributed by atoms with van der Waals surface area (Å²) >= 11 is 0. The molecular weight excluding hydrogens is 188 g/mol. The lowest BCUT2D eigenvalue weighted by atomic mass is 10.0. The van der Waals surface area contributed by atoms with Gasteiger partial charge in [-0.25, -0.2) is 4.79 Å². The van der Waals surface area contributed by atoms with E-state index in [0.29, 0.717) is 0 Å². The number of benzene rings is 1. The molecule has 0 saturated heterocycles. The molecule has 0 aliphatic rings. The molecule has 0 atom stereocenters. The number of hydrogen-bond donors (Lipinski definition) is 2. The molecule has 0 radical (unpaired) electrons. The zero-order valence-electron chi connectivity index (χ0n) is 9.13. The van der Waals surface area contributed by atoms with Gasteiger partial charge < -0.3 is 11.1 Å². The van der Waals surface area contributed by atoms with Crippen LogP contribution in [0.2, 0.25) is 0 Å². The van der Waals surface area contributed by atoms with Crippen LogP contribution in [0.5, 0.6) is 0 Å². The fourth-order valence-corrected chi connectivity index (χ4v) is 1.66. The van der Waals surface area contributed by atoms with E-state index in [4.69, 9.17) is 5.73 Å². The van der Waals surface area contributed by atoms with Crippen molar-refractivity contribution in [1.82, 2.24) is 0 Å². The maximum atomic E-state index is 10.8. The van der Waals surface area contributed by atoms with Crippen molar-refractivity contribution in [3.05, 3.63) is 41.5 Å². The molecule has 1 aromatic carbocycles. The van der Waals surface area contributed by atoms with Gasteiger partial charge in [-0.3, -0.25) is 0 Å². The Labute approximate surface area is 90.0 Å². The van der Waals surface area contributed by atoms with Gasteiger partial charge in [-0.05, 0) is 37.0 Å². The molecule has 0 aromatic heterocycles. The highest BCUT2D eigenvalue weighted by molar-refractivity contribution is 5.89. The predicted octanol–water partition coefficient (Wildman–Crippen LogP) is 2.52. The highest BCUT2D eigenvalue weighted by Gasteiger charge is 2.05. The first-order valence-electron chi connectivity index (χ1n) is 4.82. The second-order valence-corrected chi connectivity index (χ2v) is 3.59. The number of primary amides is 1. The molecule has 0 aliphatic heterocycles. The number of amides is 2. The Morgan fingerprint density at radius 3 is 2.40 bits per heavy atom. The lowest BCUT2D eigenvalue weighted by Crippen LogP contribution is -2.20. The van der Waals surface area contributed by atoms with Gasteiger partial charge in [-0.2, -0.15) is 0 Å². The van der Waals surface area contributed by atoms with Crippen LogP contribution in [0, 0.1) is 13.8 Å². The van der Waals surface area contributed by atoms with Crippen molar-refractivity contribution in [2.75, 3.05) is 5.32 Å². The smallest absolute Gasteiger partial charge is 0.316 e. The molecule has 0 heterocycles. The molecule has 3 heteroatoms. The van der Waals surface area contributed by atoms with Crippen LogP contribution < -0.4 is 11.1 Å². The number of carbonyl (C=O) groups is 1. The Morgan fingerprint density at radius 2 is 2.00 bits per heavy atom. The largest absolute Gasteiger partial charge is 0.351 e. The minimum absolute atomic E-state index is 0.530. The maximum Gasteiger partial charge on any atom is 0.316 e. The number of carbonyl (C=O) groups excluding carboxylic acids is 1. The monoisotopic (exact) mass is 204 g/mol. The van der Waals surface area contributed by atoms with Crippen molar-refractivity contribution in [1.29, 1.82) is 0 Å². The van der Waals surface area contributed by atoms with E-state index in [2.05, 4.69) is 11.9 Å². The number of hydrogen-bond acceptors (Lipinski definition) is 1. The zero-order chi connectivity index (χ0) is 11.4. The number of nitrogens with two attached hydrogens (primary N) is 1. The molecule has 2 amide bonds. The van der Waals surface area contributed by atoms with Crippen molar-refractivity contribution in [2.45, 2.75) is 20.3 Å². The molecule has 1 aromatic rings. The van der Waals surface area contributed by atoms with Crippen molar-refractivity contribution < 1.29 is 4.79 Å². The summed E-state index contributed by atoms with van der Waals surface area (Å²) in [5.74, 6) is 0. The number of urea groups is 1. The molecule has 0 bridgehead atoms. The molecule has 15 heavy (non-hydrogen) atoms. The first kappa shape index (κ1) is 11.3. The van der Waals surface area contributed by atoms with Crippen LogP contribution in [-0.2, 0) is 6.42 Å². The quantitative estimate of drug-likeness (QED) is 0.730. The Bertz CT molecular complexity index is 374. The van der Waals surface area contributed by atoms with Crippen LogP contribution in [-0.4, -0.2) is 6.03 Å². The fraction of sp³-hybridized carbons (Fsp3) is 0.250. The summed E-state index contributed by atoms with van der Waals surface area (Å²) in [5, 5.41) is 2.62. The van der Waals surface area contributed by atoms with Gasteiger partial charge in [-0.1, -0.05) is 18.2 Å². The zero-order valence-corrected chi connectivity index (χ0v) is 9.13. The van der Waals surface area contributed by atoms with Gasteiger partial charge in [0.1, 0.15) is 0 Å². The SMILES string of the molecule is C=CCc1cc(C)c(NC(N)=O)c(C)c1. The lowest BCUT2D eigenvalue weighted by molar-refractivity contribution is 0.259. The van der Waals surface area contributed by atoms with E-state index < -0.39 is 6.03 Å². The van der Waals surface area contributed by atoms with Gasteiger partial charge in [-0.15, -0.1) is 6.58 Å². The fourth-order valence-electron chi connectivity index (χ4n) is 1.66. The van der Waals surface area contributed by atoms with Gasteiger partial charge in [0.05, 0.1) is 0 Å². The predicted molar refractivity (Wildman–Crippen MR) is 63.0 cm³/mol. The molecule has 3 N–H and O–H groups in total. The van der Waals surface area contributed by atoms with E-state index in [1.807, 2.05) is 32.1 Å². The van der Waals surface area contributed by atoms with Crippen LogP contribution in [0.1, 0.15) is 16.7 Å². The number of aryl methyl sites for hydroxylation is 2. The van der Waals surface area contributed by atoms with Gasteiger partial charge in [0, 0.05) is 5.69 Å². The summed E-state index contributed by atoms with van der Waals surface area (Å²) in [4.78, 5) is 10.8. The molecule has 0 aliphatic carbocycles. The van der Waals surface area contributed by atoms with Crippen molar-refractivity contribution in [2.24, 2.45) is 5.73 Å². The molecule has 1 rings (SSSR count). The van der Waals surface area contributed by atoms with Crippen molar-refractivity contribution in [3.63, 3.8) is 0 Å². The summed E-state index contributed by atoms with van der Waals surface area (Å²) < 4.78 is 0. The maximum absolute atomic E-state index is 10.8. The minimum Gasteiger partial charge on any atom is -0.351 e. The molecular formula is C12H16N2O. The average Bonchev–Trinajstić information content (AvgIpc) is 2.11. The summed E-state index contributed by atoms with van der Waals surface area (Å²) in [5.41, 5.74) is 9.12. The van der Waals surface area contributed by atoms with Crippen LogP contribution >= 0.6 is 0 Å².